The number of nitrogens with one attached hydrogen (secondary N) is 1. The van der Waals surface area contributed by atoms with E-state index in [0.717, 1.165) is 0 Å². The molecule has 2 rings (SSSR count). The predicted molar refractivity (Wildman–Crippen MR) is 81.0 cm³/mol. The van der Waals surface area contributed by atoms with Gasteiger partial charge in [0.15, 0.2) is 0 Å². The highest BCUT2D eigenvalue weighted by Crippen LogP contribution is 2.15. The van der Waals surface area contributed by atoms with Crippen LogP contribution in [0.4, 0.5) is 0 Å². The SMILES string of the molecule is O=C(NCCN=Cc1ccccc1O)c1ccccc1O. The molecule has 0 saturated heterocycles. The van der Waals surface area contributed by atoms with E-state index in [1.807, 2.05) is 0 Å². The Balaban J connectivity index is 1.81. The molecule has 0 saturated carbocycles. The second kappa shape index (κ2) is 7.09. The number of nitrogens with zero attached hydrogens (tertiary/aromatic N) is 1. The van der Waals surface area contributed by atoms with Gasteiger partial charge in [0.2, 0.25) is 0 Å². The van der Waals surface area contributed by atoms with Crippen LogP contribution < -0.4 is 5.32 Å². The van der Waals surface area contributed by atoms with Crippen LogP contribution in [0, 0.1) is 0 Å². The zero-order valence-electron chi connectivity index (χ0n) is 11.4. The third-order valence-corrected chi connectivity index (χ3v) is 2.84. The number of amides is 1. The molecule has 1 amide bonds. The molecule has 3 N–H and O–H groups in total. The summed E-state index contributed by atoms with van der Waals surface area (Å²) >= 11 is 0. The van der Waals surface area contributed by atoms with E-state index >= 15 is 0 Å². The Morgan fingerprint density at radius 1 is 1.05 bits per heavy atom. The van der Waals surface area contributed by atoms with Gasteiger partial charge in [0.25, 0.3) is 5.91 Å². The van der Waals surface area contributed by atoms with Gasteiger partial charge >= 0.3 is 0 Å². The molecule has 5 nitrogen and oxygen atoms in total. The Labute approximate surface area is 122 Å². The van der Waals surface area contributed by atoms with Crippen molar-refractivity contribution in [3.8, 4) is 11.5 Å². The number of phenolic OH excluding ortho intramolecular Hbond substituents is 2. The number of para-hydroxylation sites is 2. The monoisotopic (exact) mass is 284 g/mol. The maximum absolute atomic E-state index is 11.8. The molecule has 0 radical (unpaired) electrons. The maximum atomic E-state index is 11.8. The van der Waals surface area contributed by atoms with Gasteiger partial charge in [0.1, 0.15) is 11.5 Å². The molecule has 5 heteroatoms. The summed E-state index contributed by atoms with van der Waals surface area (Å²) in [5.74, 6) is -0.224. The molecule has 2 aromatic carbocycles. The van der Waals surface area contributed by atoms with Gasteiger partial charge in [-0.3, -0.25) is 9.79 Å². The number of carbonyl (C=O) groups excluding carboxylic acids is 1. The fourth-order valence-corrected chi connectivity index (χ4v) is 1.75. The number of carbonyl (C=O) groups is 1. The Kier molecular flexibility index (Phi) is 4.93. The predicted octanol–water partition coefficient (Wildman–Crippen LogP) is 1.95. The molecule has 0 aliphatic carbocycles. The lowest BCUT2D eigenvalue weighted by molar-refractivity contribution is 0.0952. The Morgan fingerprint density at radius 3 is 2.43 bits per heavy atom. The van der Waals surface area contributed by atoms with Crippen molar-refractivity contribution >= 4 is 12.1 Å². The second-order valence-electron chi connectivity index (χ2n) is 4.37. The molecule has 21 heavy (non-hydrogen) atoms. The van der Waals surface area contributed by atoms with Gasteiger partial charge in [-0.2, -0.15) is 0 Å². The lowest BCUT2D eigenvalue weighted by Gasteiger charge is -2.05. The third kappa shape index (κ3) is 4.07. The summed E-state index contributed by atoms with van der Waals surface area (Å²) in [5.41, 5.74) is 0.867. The summed E-state index contributed by atoms with van der Waals surface area (Å²) in [4.78, 5) is 15.9. The molecule has 108 valence electrons. The number of benzene rings is 2. The zero-order valence-corrected chi connectivity index (χ0v) is 11.4. The maximum Gasteiger partial charge on any atom is 0.255 e. The number of hydrogen-bond donors (Lipinski definition) is 3. The smallest absolute Gasteiger partial charge is 0.255 e. The molecular formula is C16H16N2O3. The molecule has 0 spiro atoms. The minimum absolute atomic E-state index is 0.0484. The fourth-order valence-electron chi connectivity index (χ4n) is 1.75. The average molecular weight is 284 g/mol. The lowest BCUT2D eigenvalue weighted by Crippen LogP contribution is -2.26. The van der Waals surface area contributed by atoms with Crippen molar-refractivity contribution in [2.24, 2.45) is 4.99 Å². The van der Waals surface area contributed by atoms with E-state index in [4.69, 9.17) is 0 Å². The highest BCUT2D eigenvalue weighted by molar-refractivity contribution is 5.96. The van der Waals surface area contributed by atoms with Crippen LogP contribution in [0.5, 0.6) is 11.5 Å². The highest BCUT2D eigenvalue weighted by Gasteiger charge is 2.08. The highest BCUT2D eigenvalue weighted by atomic mass is 16.3. The van der Waals surface area contributed by atoms with Crippen LogP contribution in [-0.4, -0.2) is 35.4 Å². The first-order valence-electron chi connectivity index (χ1n) is 6.52. The fraction of sp³-hybridized carbons (Fsp3) is 0.125. The molecule has 0 aromatic heterocycles. The van der Waals surface area contributed by atoms with Gasteiger partial charge < -0.3 is 15.5 Å². The average Bonchev–Trinajstić information content (AvgIpc) is 2.49. The van der Waals surface area contributed by atoms with Gasteiger partial charge in [-0.15, -0.1) is 0 Å². The van der Waals surface area contributed by atoms with Crippen molar-refractivity contribution in [3.63, 3.8) is 0 Å². The van der Waals surface area contributed by atoms with Gasteiger partial charge in [-0.25, -0.2) is 0 Å². The van der Waals surface area contributed by atoms with Crippen LogP contribution in [0.15, 0.2) is 53.5 Å². The summed E-state index contributed by atoms with van der Waals surface area (Å²) in [6, 6.07) is 13.2. The molecule has 0 atom stereocenters. The molecule has 0 bridgehead atoms. The van der Waals surface area contributed by atoms with Gasteiger partial charge in [0.05, 0.1) is 12.1 Å². The first-order chi connectivity index (χ1) is 10.2. The van der Waals surface area contributed by atoms with E-state index in [1.54, 1.807) is 48.7 Å². The molecule has 0 unspecified atom stereocenters. The molecular weight excluding hydrogens is 268 g/mol. The summed E-state index contributed by atoms with van der Waals surface area (Å²) < 4.78 is 0. The third-order valence-electron chi connectivity index (χ3n) is 2.84. The van der Waals surface area contributed by atoms with Gasteiger partial charge in [-0.05, 0) is 24.3 Å². The lowest BCUT2D eigenvalue weighted by atomic mass is 10.2. The standard InChI is InChI=1S/C16H16N2O3/c19-14-7-3-1-5-12(14)11-17-9-10-18-16(21)13-6-2-4-8-15(13)20/h1-8,11,19-20H,9-10H2,(H,18,21). The largest absolute Gasteiger partial charge is 0.507 e. The Bertz CT molecular complexity index is 653. The van der Waals surface area contributed by atoms with Crippen molar-refractivity contribution in [2.75, 3.05) is 13.1 Å². The topological polar surface area (TPSA) is 81.9 Å². The van der Waals surface area contributed by atoms with E-state index < -0.39 is 0 Å². The number of aromatic hydroxyl groups is 2. The Hall–Kier alpha value is -2.82. The zero-order chi connectivity index (χ0) is 15.1. The minimum Gasteiger partial charge on any atom is -0.507 e. The van der Waals surface area contributed by atoms with Crippen molar-refractivity contribution in [1.82, 2.24) is 5.32 Å². The van der Waals surface area contributed by atoms with Gasteiger partial charge in [0, 0.05) is 18.3 Å². The van der Waals surface area contributed by atoms with E-state index in [2.05, 4.69) is 10.3 Å². The summed E-state index contributed by atoms with van der Waals surface area (Å²) in [6.45, 7) is 0.727. The van der Waals surface area contributed by atoms with Crippen LogP contribution in [0.3, 0.4) is 0 Å². The van der Waals surface area contributed by atoms with Crippen molar-refractivity contribution < 1.29 is 15.0 Å². The van der Waals surface area contributed by atoms with Gasteiger partial charge in [-0.1, -0.05) is 24.3 Å². The van der Waals surface area contributed by atoms with E-state index in [0.29, 0.717) is 18.7 Å². The summed E-state index contributed by atoms with van der Waals surface area (Å²) in [6.07, 6.45) is 1.56. The molecule has 0 aliphatic rings. The van der Waals surface area contributed by atoms with E-state index in [1.165, 1.54) is 6.07 Å². The summed E-state index contributed by atoms with van der Waals surface area (Å²) in [5, 5.41) is 21.8. The van der Waals surface area contributed by atoms with Crippen molar-refractivity contribution in [2.45, 2.75) is 0 Å². The van der Waals surface area contributed by atoms with Crippen molar-refractivity contribution in [1.29, 1.82) is 0 Å². The molecule has 2 aromatic rings. The summed E-state index contributed by atoms with van der Waals surface area (Å²) in [7, 11) is 0. The molecule has 0 fully saturated rings. The molecule has 0 aliphatic heterocycles. The minimum atomic E-state index is -0.342. The second-order valence-corrected chi connectivity index (χ2v) is 4.37. The number of hydrogen-bond acceptors (Lipinski definition) is 4. The first-order valence-corrected chi connectivity index (χ1v) is 6.52. The van der Waals surface area contributed by atoms with Crippen LogP contribution in [0.1, 0.15) is 15.9 Å². The first kappa shape index (κ1) is 14.6. The van der Waals surface area contributed by atoms with Crippen LogP contribution in [0.2, 0.25) is 0 Å². The number of aliphatic imine (C=N–C) groups is 1. The molecule has 0 heterocycles. The van der Waals surface area contributed by atoms with Crippen LogP contribution in [-0.2, 0) is 0 Å². The number of phenols is 2. The quantitative estimate of drug-likeness (QED) is 0.579. The van der Waals surface area contributed by atoms with E-state index in [-0.39, 0.29) is 23.0 Å². The number of rotatable bonds is 5. The Morgan fingerprint density at radius 2 is 1.71 bits per heavy atom. The van der Waals surface area contributed by atoms with Crippen molar-refractivity contribution in [3.05, 3.63) is 59.7 Å². The van der Waals surface area contributed by atoms with E-state index in [9.17, 15) is 15.0 Å². The van der Waals surface area contributed by atoms with Crippen LogP contribution >= 0.6 is 0 Å². The normalized spacial score (nSPS) is 10.7. The van der Waals surface area contributed by atoms with Crippen LogP contribution in [0.25, 0.3) is 0 Å².